The first-order valence-corrected chi connectivity index (χ1v) is 12.2. The number of alkyl halides is 1. The number of rotatable bonds is 10. The van der Waals surface area contributed by atoms with E-state index in [9.17, 15) is 24.0 Å². The third kappa shape index (κ3) is 7.49. The zero-order valence-corrected chi connectivity index (χ0v) is 22.4. The highest BCUT2D eigenvalue weighted by Gasteiger charge is 2.62. The molecule has 0 spiro atoms. The molecule has 0 radical (unpaired) electrons. The number of carbonyl (C=O) groups is 4. The number of amides is 1. The van der Waals surface area contributed by atoms with Crippen molar-refractivity contribution in [1.29, 1.82) is 0 Å². The Kier molecular flexibility index (Phi) is 10.3. The number of ether oxygens (including phenoxy) is 5. The number of esters is 3. The number of aromatic nitrogens is 2. The highest BCUT2D eigenvalue weighted by molar-refractivity contribution is 5.83. The van der Waals surface area contributed by atoms with Crippen molar-refractivity contribution in [3.05, 3.63) is 22.7 Å². The van der Waals surface area contributed by atoms with Gasteiger partial charge in [-0.3, -0.25) is 24.3 Å². The third-order valence-electron chi connectivity index (χ3n) is 5.25. The van der Waals surface area contributed by atoms with Gasteiger partial charge in [0.05, 0.1) is 24.4 Å². The zero-order valence-electron chi connectivity index (χ0n) is 22.4. The molecular weight excluding hydrogens is 509 g/mol. The highest BCUT2D eigenvalue weighted by atomic mass is 19.2. The normalized spacial score (nSPS) is 22.9. The van der Waals surface area contributed by atoms with E-state index in [2.05, 4.69) is 10.3 Å². The molecule has 1 saturated heterocycles. The molecule has 1 amide bonds. The van der Waals surface area contributed by atoms with E-state index >= 15 is 4.39 Å². The van der Waals surface area contributed by atoms with E-state index in [0.29, 0.717) is 0 Å². The van der Waals surface area contributed by atoms with Gasteiger partial charge in [0, 0.05) is 6.20 Å². The van der Waals surface area contributed by atoms with Crippen LogP contribution in [0.15, 0.2) is 17.1 Å². The lowest BCUT2D eigenvalue weighted by Gasteiger charge is -2.28. The van der Waals surface area contributed by atoms with Crippen LogP contribution in [0.2, 0.25) is 0 Å². The van der Waals surface area contributed by atoms with E-state index < -0.39 is 78.3 Å². The van der Waals surface area contributed by atoms with Gasteiger partial charge in [0.2, 0.25) is 6.10 Å². The Morgan fingerprint density at radius 2 is 1.61 bits per heavy atom. The molecule has 212 valence electrons. The van der Waals surface area contributed by atoms with Crippen LogP contribution >= 0.6 is 0 Å². The summed E-state index contributed by atoms with van der Waals surface area (Å²) in [5, 5.41) is 2.25. The summed E-state index contributed by atoms with van der Waals surface area (Å²) in [5.41, 5.74) is -1.02. The molecule has 2 heterocycles. The first kappa shape index (κ1) is 30.7. The van der Waals surface area contributed by atoms with Crippen LogP contribution in [0.4, 0.5) is 15.0 Å². The van der Waals surface area contributed by atoms with Crippen molar-refractivity contribution < 1.29 is 47.3 Å². The Morgan fingerprint density at radius 1 is 1.03 bits per heavy atom. The molecule has 1 N–H and O–H groups in total. The highest BCUT2D eigenvalue weighted by Crippen LogP contribution is 2.42. The molecule has 1 aromatic rings. The van der Waals surface area contributed by atoms with Crippen LogP contribution in [0, 0.1) is 17.8 Å². The van der Waals surface area contributed by atoms with E-state index in [-0.39, 0.29) is 12.4 Å². The van der Waals surface area contributed by atoms with Crippen molar-refractivity contribution in [2.75, 3.05) is 18.5 Å². The second-order valence-corrected chi connectivity index (χ2v) is 9.47. The van der Waals surface area contributed by atoms with Crippen molar-refractivity contribution in [2.24, 2.45) is 17.8 Å². The SMILES string of the molecule is CCOC(=O)Nc1ccn([C@@H]2O[C@](F)(COC(=O)C(C)C)[C@@H](OC(=O)C(C)C)[C@H]2OC(=O)C(C)C)c(=O)n1. The fraction of sp³-hybridized carbons (Fsp3) is 0.667. The lowest BCUT2D eigenvalue weighted by molar-refractivity contribution is -0.226. The first-order valence-electron chi connectivity index (χ1n) is 12.2. The van der Waals surface area contributed by atoms with E-state index in [0.717, 1.165) is 10.8 Å². The number of halogens is 1. The van der Waals surface area contributed by atoms with E-state index in [1.54, 1.807) is 6.92 Å². The van der Waals surface area contributed by atoms with E-state index in [4.69, 9.17) is 23.7 Å². The minimum Gasteiger partial charge on any atom is -0.459 e. The molecular formula is C24H34FN3O10. The van der Waals surface area contributed by atoms with Crippen molar-refractivity contribution in [3.8, 4) is 0 Å². The molecule has 0 aromatic carbocycles. The predicted molar refractivity (Wildman–Crippen MR) is 128 cm³/mol. The summed E-state index contributed by atoms with van der Waals surface area (Å²) < 4.78 is 43.2. The van der Waals surface area contributed by atoms with Gasteiger partial charge < -0.3 is 23.7 Å². The molecule has 0 unspecified atom stereocenters. The molecule has 0 aliphatic carbocycles. The van der Waals surface area contributed by atoms with Crippen LogP contribution in [-0.2, 0) is 38.1 Å². The van der Waals surface area contributed by atoms with Crippen molar-refractivity contribution in [2.45, 2.75) is 72.8 Å². The van der Waals surface area contributed by atoms with Gasteiger partial charge in [0.1, 0.15) is 5.82 Å². The monoisotopic (exact) mass is 543 g/mol. The Bertz CT molecular complexity index is 1090. The van der Waals surface area contributed by atoms with Crippen LogP contribution in [0.25, 0.3) is 0 Å². The maximum atomic E-state index is 16.4. The average Bonchev–Trinajstić information content (AvgIpc) is 3.08. The van der Waals surface area contributed by atoms with E-state index in [1.165, 1.54) is 47.6 Å². The molecule has 1 aromatic heterocycles. The lowest BCUT2D eigenvalue weighted by Crippen LogP contribution is -2.48. The second-order valence-electron chi connectivity index (χ2n) is 9.47. The fourth-order valence-electron chi connectivity index (χ4n) is 3.15. The van der Waals surface area contributed by atoms with Gasteiger partial charge in [-0.05, 0) is 13.0 Å². The molecule has 2 rings (SSSR count). The molecule has 4 atom stereocenters. The number of nitrogens with one attached hydrogen (secondary N) is 1. The van der Waals surface area contributed by atoms with Crippen molar-refractivity contribution in [1.82, 2.24) is 9.55 Å². The molecule has 0 bridgehead atoms. The molecule has 38 heavy (non-hydrogen) atoms. The standard InChI is InChI=1S/C24H34FN3O10/c1-8-34-23(33)27-15-9-10-28(22(32)26-15)18-16(36-20(30)13(4)5)17(37-21(31)14(6)7)24(25,38-18)11-35-19(29)12(2)3/h9-10,12-14,16-18H,8,11H2,1-7H3,(H,26,27,32,33)/t16-,17+,18-,24-/m1/s1. The maximum absolute atomic E-state index is 16.4. The van der Waals surface area contributed by atoms with Gasteiger partial charge in [-0.2, -0.15) is 4.98 Å². The van der Waals surface area contributed by atoms with Crippen LogP contribution in [0.5, 0.6) is 0 Å². The Labute approximate surface area is 218 Å². The summed E-state index contributed by atoms with van der Waals surface area (Å²) in [7, 11) is 0. The summed E-state index contributed by atoms with van der Waals surface area (Å²) in [6, 6.07) is 1.20. The number of hydrogen-bond donors (Lipinski definition) is 1. The van der Waals surface area contributed by atoms with Crippen LogP contribution in [-0.4, -0.2) is 64.8 Å². The van der Waals surface area contributed by atoms with Crippen LogP contribution in [0.1, 0.15) is 54.7 Å². The number of carbonyl (C=O) groups excluding carboxylic acids is 4. The topological polar surface area (TPSA) is 161 Å². The van der Waals surface area contributed by atoms with Gasteiger partial charge in [0.25, 0.3) is 5.85 Å². The van der Waals surface area contributed by atoms with E-state index in [1.807, 2.05) is 0 Å². The van der Waals surface area contributed by atoms with Gasteiger partial charge >= 0.3 is 29.7 Å². The minimum absolute atomic E-state index is 0.0815. The molecule has 1 aliphatic rings. The molecule has 0 saturated carbocycles. The summed E-state index contributed by atoms with van der Waals surface area (Å²) in [6.07, 6.45) is -4.99. The van der Waals surface area contributed by atoms with Crippen LogP contribution in [0.3, 0.4) is 0 Å². The van der Waals surface area contributed by atoms with Gasteiger partial charge in [0.15, 0.2) is 18.9 Å². The maximum Gasteiger partial charge on any atom is 0.412 e. The lowest BCUT2D eigenvalue weighted by atomic mass is 10.1. The molecule has 1 aliphatic heterocycles. The Balaban J connectivity index is 2.53. The Morgan fingerprint density at radius 3 is 2.13 bits per heavy atom. The minimum atomic E-state index is -3.00. The molecule has 13 nitrogen and oxygen atoms in total. The molecule has 14 heteroatoms. The van der Waals surface area contributed by atoms with Gasteiger partial charge in [-0.25, -0.2) is 14.0 Å². The van der Waals surface area contributed by atoms with Crippen molar-refractivity contribution in [3.63, 3.8) is 0 Å². The summed E-state index contributed by atoms with van der Waals surface area (Å²) >= 11 is 0. The number of anilines is 1. The summed E-state index contributed by atoms with van der Waals surface area (Å²) in [6.45, 7) is 9.79. The average molecular weight is 544 g/mol. The first-order chi connectivity index (χ1) is 17.7. The predicted octanol–water partition coefficient (Wildman–Crippen LogP) is 2.34. The second kappa shape index (κ2) is 12.8. The summed E-state index contributed by atoms with van der Waals surface area (Å²) in [4.78, 5) is 65.3. The van der Waals surface area contributed by atoms with Crippen molar-refractivity contribution >= 4 is 29.8 Å². The zero-order chi connectivity index (χ0) is 28.8. The quantitative estimate of drug-likeness (QED) is 0.340. The smallest absolute Gasteiger partial charge is 0.412 e. The summed E-state index contributed by atoms with van der Waals surface area (Å²) in [5.74, 6) is -7.53. The number of hydrogen-bond acceptors (Lipinski definition) is 11. The Hall–Kier alpha value is -3.55. The van der Waals surface area contributed by atoms with Gasteiger partial charge in [-0.1, -0.05) is 41.5 Å². The number of nitrogens with zero attached hydrogens (tertiary/aromatic N) is 2. The van der Waals surface area contributed by atoms with Crippen LogP contribution < -0.4 is 11.0 Å². The third-order valence-corrected chi connectivity index (χ3v) is 5.25. The fourth-order valence-corrected chi connectivity index (χ4v) is 3.15. The largest absolute Gasteiger partial charge is 0.459 e. The van der Waals surface area contributed by atoms with Gasteiger partial charge in [-0.15, -0.1) is 0 Å². The molecule has 1 fully saturated rings.